The van der Waals surface area contributed by atoms with Crippen molar-refractivity contribution in [2.24, 2.45) is 11.8 Å². The molecule has 1 atom stereocenters. The van der Waals surface area contributed by atoms with Crippen molar-refractivity contribution in [1.29, 1.82) is 0 Å². The van der Waals surface area contributed by atoms with Crippen molar-refractivity contribution in [3.8, 4) is 0 Å². The number of piperazine rings is 1. The lowest BCUT2D eigenvalue weighted by Crippen LogP contribution is -2.51. The summed E-state index contributed by atoms with van der Waals surface area (Å²) in [4.78, 5) is 13.8. The molecule has 2 aromatic heterocycles. The summed E-state index contributed by atoms with van der Waals surface area (Å²) in [6.07, 6.45) is 1.71. The molecule has 0 spiro atoms. The molecule has 0 aliphatic carbocycles. The molecule has 1 fully saturated rings. The molecule has 0 radical (unpaired) electrons. The molecule has 0 saturated carbocycles. The molecule has 27 heavy (non-hydrogen) atoms. The first-order chi connectivity index (χ1) is 12.9. The Balaban J connectivity index is 1.48. The maximum absolute atomic E-state index is 5.42. The van der Waals surface area contributed by atoms with Gasteiger partial charge in [-0.3, -0.25) is 9.80 Å². The minimum absolute atomic E-state index is 0.400. The third-order valence-electron chi connectivity index (χ3n) is 4.75. The first-order valence-electron chi connectivity index (χ1n) is 9.98. The lowest BCUT2D eigenvalue weighted by atomic mass is 10.1. The third-order valence-corrected chi connectivity index (χ3v) is 4.75. The summed E-state index contributed by atoms with van der Waals surface area (Å²) in [5.74, 6) is 4.09. The molecule has 0 N–H and O–H groups in total. The van der Waals surface area contributed by atoms with E-state index in [1.807, 2.05) is 0 Å². The summed E-state index contributed by atoms with van der Waals surface area (Å²) >= 11 is 0. The summed E-state index contributed by atoms with van der Waals surface area (Å²) in [5.41, 5.74) is 0. The van der Waals surface area contributed by atoms with E-state index < -0.39 is 0 Å². The van der Waals surface area contributed by atoms with Gasteiger partial charge in [-0.1, -0.05) is 38.0 Å². The van der Waals surface area contributed by atoms with Gasteiger partial charge in [0.15, 0.2) is 11.6 Å². The van der Waals surface area contributed by atoms with Crippen LogP contribution in [0.3, 0.4) is 0 Å². The molecule has 150 valence electrons. The molecule has 0 bridgehead atoms. The van der Waals surface area contributed by atoms with Gasteiger partial charge in [-0.25, -0.2) is 0 Å². The Morgan fingerprint density at radius 2 is 1.44 bits per heavy atom. The van der Waals surface area contributed by atoms with Gasteiger partial charge in [0.25, 0.3) is 0 Å². The van der Waals surface area contributed by atoms with E-state index in [0.717, 1.165) is 44.1 Å². The number of hydrogen-bond donors (Lipinski definition) is 0. The number of hydrogen-bond acceptors (Lipinski definition) is 8. The predicted octanol–water partition coefficient (Wildman–Crippen LogP) is 2.56. The molecule has 1 aliphatic rings. The van der Waals surface area contributed by atoms with Crippen LogP contribution in [0.25, 0.3) is 0 Å². The van der Waals surface area contributed by atoms with Crippen LogP contribution < -0.4 is 0 Å². The third kappa shape index (κ3) is 5.84. The van der Waals surface area contributed by atoms with E-state index >= 15 is 0 Å². The summed E-state index contributed by atoms with van der Waals surface area (Å²) < 4.78 is 10.8. The van der Waals surface area contributed by atoms with Gasteiger partial charge in [0, 0.05) is 38.5 Å². The zero-order valence-electron chi connectivity index (χ0n) is 17.2. The van der Waals surface area contributed by atoms with Gasteiger partial charge in [-0.05, 0) is 18.8 Å². The zero-order chi connectivity index (χ0) is 19.4. The van der Waals surface area contributed by atoms with Crippen molar-refractivity contribution in [3.05, 3.63) is 23.4 Å². The van der Waals surface area contributed by atoms with Crippen LogP contribution in [-0.4, -0.2) is 55.8 Å². The van der Waals surface area contributed by atoms with Crippen molar-refractivity contribution in [3.63, 3.8) is 0 Å². The van der Waals surface area contributed by atoms with Gasteiger partial charge in [-0.2, -0.15) is 9.97 Å². The molecule has 8 nitrogen and oxygen atoms in total. The second kappa shape index (κ2) is 8.93. The SMILES string of the molecule is CC(C)Cc1noc(CN2CCN(Cc3nc(CC(C)C)no3)C(C)C2)n1. The maximum atomic E-state index is 5.42. The van der Waals surface area contributed by atoms with Crippen LogP contribution in [0.5, 0.6) is 0 Å². The fourth-order valence-electron chi connectivity index (χ4n) is 3.42. The quantitative estimate of drug-likeness (QED) is 0.695. The van der Waals surface area contributed by atoms with E-state index in [-0.39, 0.29) is 0 Å². The molecule has 3 rings (SSSR count). The smallest absolute Gasteiger partial charge is 0.240 e. The van der Waals surface area contributed by atoms with E-state index in [1.165, 1.54) is 0 Å². The first kappa shape index (κ1) is 19.9. The van der Waals surface area contributed by atoms with E-state index in [4.69, 9.17) is 9.05 Å². The second-order valence-electron chi connectivity index (χ2n) is 8.46. The predicted molar refractivity (Wildman–Crippen MR) is 101 cm³/mol. The Kier molecular flexibility index (Phi) is 6.59. The summed E-state index contributed by atoms with van der Waals surface area (Å²) in [5, 5.41) is 8.17. The largest absolute Gasteiger partial charge is 0.338 e. The van der Waals surface area contributed by atoms with Gasteiger partial charge >= 0.3 is 0 Å². The molecule has 1 aliphatic heterocycles. The topological polar surface area (TPSA) is 84.3 Å². The zero-order valence-corrected chi connectivity index (χ0v) is 17.2. The number of aromatic nitrogens is 4. The molecule has 8 heteroatoms. The molecule has 1 saturated heterocycles. The molecule has 0 aromatic carbocycles. The molecule has 2 aromatic rings. The van der Waals surface area contributed by atoms with Crippen molar-refractivity contribution < 1.29 is 9.05 Å². The average molecular weight is 377 g/mol. The molecule has 0 amide bonds. The highest BCUT2D eigenvalue weighted by Crippen LogP contribution is 2.16. The minimum Gasteiger partial charge on any atom is -0.338 e. The van der Waals surface area contributed by atoms with Crippen molar-refractivity contribution in [2.75, 3.05) is 19.6 Å². The van der Waals surface area contributed by atoms with Crippen LogP contribution >= 0.6 is 0 Å². The van der Waals surface area contributed by atoms with Gasteiger partial charge in [0.05, 0.1) is 13.1 Å². The van der Waals surface area contributed by atoms with Crippen molar-refractivity contribution in [1.82, 2.24) is 30.1 Å². The van der Waals surface area contributed by atoms with Crippen molar-refractivity contribution in [2.45, 2.75) is 66.6 Å². The molecular weight excluding hydrogens is 344 g/mol. The van der Waals surface area contributed by atoms with Crippen LogP contribution in [0.2, 0.25) is 0 Å². The number of rotatable bonds is 8. The van der Waals surface area contributed by atoms with Crippen LogP contribution in [0.15, 0.2) is 9.05 Å². The van der Waals surface area contributed by atoms with E-state index in [9.17, 15) is 0 Å². The Morgan fingerprint density at radius 1 is 0.889 bits per heavy atom. The van der Waals surface area contributed by atoms with Crippen LogP contribution in [0, 0.1) is 11.8 Å². The van der Waals surface area contributed by atoms with E-state index in [1.54, 1.807) is 0 Å². The summed E-state index contributed by atoms with van der Waals surface area (Å²) in [7, 11) is 0. The fourth-order valence-corrected chi connectivity index (χ4v) is 3.42. The van der Waals surface area contributed by atoms with Crippen LogP contribution in [-0.2, 0) is 25.9 Å². The standard InChI is InChI=1S/C19H32N6O2/c1-13(2)8-16-20-18(26-22-16)11-24-6-7-25(15(5)10-24)12-19-21-17(23-27-19)9-14(3)4/h13-15H,6-12H2,1-5H3. The average Bonchev–Trinajstić information content (AvgIpc) is 3.18. The Labute approximate surface area is 161 Å². The summed E-state index contributed by atoms with van der Waals surface area (Å²) in [6.45, 7) is 15.2. The lowest BCUT2D eigenvalue weighted by molar-refractivity contribution is 0.0594. The van der Waals surface area contributed by atoms with Gasteiger partial charge in [-0.15, -0.1) is 0 Å². The van der Waals surface area contributed by atoms with Crippen LogP contribution in [0.4, 0.5) is 0 Å². The highest BCUT2D eigenvalue weighted by Gasteiger charge is 2.26. The number of nitrogens with zero attached hydrogens (tertiary/aromatic N) is 6. The summed E-state index contributed by atoms with van der Waals surface area (Å²) in [6, 6.07) is 0.400. The Hall–Kier alpha value is -1.80. The monoisotopic (exact) mass is 376 g/mol. The molecule has 1 unspecified atom stereocenters. The van der Waals surface area contributed by atoms with Crippen molar-refractivity contribution >= 4 is 0 Å². The lowest BCUT2D eigenvalue weighted by Gasteiger charge is -2.38. The highest BCUT2D eigenvalue weighted by molar-refractivity contribution is 4.92. The first-order valence-corrected chi connectivity index (χ1v) is 9.98. The normalized spacial score (nSPS) is 19.4. The highest BCUT2D eigenvalue weighted by atomic mass is 16.5. The van der Waals surface area contributed by atoms with Crippen LogP contribution in [0.1, 0.15) is 58.0 Å². The molecule has 3 heterocycles. The van der Waals surface area contributed by atoms with Gasteiger partial charge < -0.3 is 9.05 Å². The van der Waals surface area contributed by atoms with Gasteiger partial charge in [0.2, 0.25) is 11.8 Å². The Morgan fingerprint density at radius 3 is 1.96 bits per heavy atom. The maximum Gasteiger partial charge on any atom is 0.240 e. The second-order valence-corrected chi connectivity index (χ2v) is 8.46. The van der Waals surface area contributed by atoms with E-state index in [0.29, 0.717) is 42.7 Å². The fraction of sp³-hybridized carbons (Fsp3) is 0.789. The van der Waals surface area contributed by atoms with Gasteiger partial charge in [0.1, 0.15) is 0 Å². The Bertz CT molecular complexity index is 711. The van der Waals surface area contributed by atoms with E-state index in [2.05, 4.69) is 64.7 Å². The minimum atomic E-state index is 0.400. The molecular formula is C19H32N6O2.